The number of nitrogens with zero attached hydrogens (tertiary/aromatic N) is 1. The van der Waals surface area contributed by atoms with E-state index in [0.29, 0.717) is 32.6 Å². The molecule has 8 heteroatoms. The summed E-state index contributed by atoms with van der Waals surface area (Å²) in [6.45, 7) is 1.28. The minimum Gasteiger partial charge on any atom is -0.409 e. The molecule has 0 radical (unpaired) electrons. The molecule has 4 N–H and O–H groups in total. The second-order valence-electron chi connectivity index (χ2n) is 4.57. The molecule has 0 unspecified atom stereocenters. The standard InChI is InChI=1S/C12H16BrN3O3S/c13-9-2-1-8(20-9)7-15-11(17)12(10(14)16-18)3-5-19-6-4-12/h1-2,18H,3-7H2,(H2,14,16)(H,15,17). The third kappa shape index (κ3) is 3.13. The van der Waals surface area contributed by atoms with Crippen molar-refractivity contribution in [1.82, 2.24) is 5.32 Å². The van der Waals surface area contributed by atoms with Gasteiger partial charge in [0.1, 0.15) is 5.41 Å². The van der Waals surface area contributed by atoms with Crippen molar-refractivity contribution in [3.05, 3.63) is 20.8 Å². The lowest BCUT2D eigenvalue weighted by atomic mass is 9.78. The van der Waals surface area contributed by atoms with Crippen molar-refractivity contribution in [2.75, 3.05) is 13.2 Å². The quantitative estimate of drug-likeness (QED) is 0.329. The number of rotatable bonds is 4. The minimum atomic E-state index is -0.971. The van der Waals surface area contributed by atoms with Crippen molar-refractivity contribution in [3.8, 4) is 0 Å². The SMILES string of the molecule is NC(=NO)C1(C(=O)NCc2ccc(Br)s2)CCOCC1. The highest BCUT2D eigenvalue weighted by atomic mass is 79.9. The molecule has 110 valence electrons. The smallest absolute Gasteiger partial charge is 0.234 e. The molecular weight excluding hydrogens is 346 g/mol. The van der Waals surface area contributed by atoms with E-state index in [0.717, 1.165) is 8.66 Å². The molecule has 0 aromatic carbocycles. The molecule has 0 atom stereocenters. The zero-order valence-electron chi connectivity index (χ0n) is 10.8. The number of carbonyl (C=O) groups excluding carboxylic acids is 1. The summed E-state index contributed by atoms with van der Waals surface area (Å²) in [4.78, 5) is 13.5. The number of nitrogens with one attached hydrogen (secondary N) is 1. The van der Waals surface area contributed by atoms with E-state index >= 15 is 0 Å². The molecule has 1 aromatic heterocycles. The van der Waals surface area contributed by atoms with Gasteiger partial charge >= 0.3 is 0 Å². The Balaban J connectivity index is 2.07. The van der Waals surface area contributed by atoms with Crippen LogP contribution in [0.15, 0.2) is 21.1 Å². The van der Waals surface area contributed by atoms with Crippen molar-refractivity contribution in [2.24, 2.45) is 16.3 Å². The molecule has 0 saturated carbocycles. The highest BCUT2D eigenvalue weighted by molar-refractivity contribution is 9.11. The van der Waals surface area contributed by atoms with Crippen LogP contribution in [0.3, 0.4) is 0 Å². The molecule has 1 aliphatic rings. The summed E-state index contributed by atoms with van der Waals surface area (Å²) in [6.07, 6.45) is 0.839. The van der Waals surface area contributed by atoms with Crippen LogP contribution in [0.4, 0.5) is 0 Å². The number of amides is 1. The highest BCUT2D eigenvalue weighted by Crippen LogP contribution is 2.31. The van der Waals surface area contributed by atoms with E-state index in [-0.39, 0.29) is 11.7 Å². The number of carbonyl (C=O) groups is 1. The Hall–Kier alpha value is -1.12. The maximum atomic E-state index is 12.5. The second kappa shape index (κ2) is 6.55. The summed E-state index contributed by atoms with van der Waals surface area (Å²) in [7, 11) is 0. The number of amidine groups is 1. The second-order valence-corrected chi connectivity index (χ2v) is 7.12. The van der Waals surface area contributed by atoms with Gasteiger partial charge in [0.05, 0.1) is 10.3 Å². The molecule has 0 aliphatic carbocycles. The molecule has 1 fully saturated rings. The van der Waals surface area contributed by atoms with E-state index in [9.17, 15) is 4.79 Å². The Kier molecular flexibility index (Phi) is 5.00. The van der Waals surface area contributed by atoms with E-state index in [2.05, 4.69) is 26.4 Å². The lowest BCUT2D eigenvalue weighted by molar-refractivity contribution is -0.131. The van der Waals surface area contributed by atoms with Crippen molar-refractivity contribution < 1.29 is 14.7 Å². The summed E-state index contributed by atoms with van der Waals surface area (Å²) < 4.78 is 6.27. The average molecular weight is 362 g/mol. The molecule has 2 heterocycles. The normalized spacial score (nSPS) is 18.8. The van der Waals surface area contributed by atoms with Gasteiger partial charge in [-0.05, 0) is 40.9 Å². The van der Waals surface area contributed by atoms with Crippen LogP contribution in [0.1, 0.15) is 17.7 Å². The minimum absolute atomic E-state index is 0.0503. The summed E-state index contributed by atoms with van der Waals surface area (Å²) in [5, 5.41) is 14.8. The van der Waals surface area contributed by atoms with Crippen LogP contribution in [0.5, 0.6) is 0 Å². The molecule has 1 aliphatic heterocycles. The third-order valence-corrected chi connectivity index (χ3v) is 5.05. The molecule has 1 aromatic rings. The van der Waals surface area contributed by atoms with Crippen LogP contribution in [0.25, 0.3) is 0 Å². The first-order valence-corrected chi connectivity index (χ1v) is 7.78. The Morgan fingerprint density at radius 3 is 2.80 bits per heavy atom. The van der Waals surface area contributed by atoms with Gasteiger partial charge in [0.25, 0.3) is 0 Å². The number of oxime groups is 1. The molecule has 0 bridgehead atoms. The monoisotopic (exact) mass is 361 g/mol. The van der Waals surface area contributed by atoms with Crippen LogP contribution in [-0.2, 0) is 16.1 Å². The lowest BCUT2D eigenvalue weighted by Crippen LogP contribution is -2.52. The van der Waals surface area contributed by atoms with Gasteiger partial charge in [-0.15, -0.1) is 11.3 Å². The van der Waals surface area contributed by atoms with E-state index in [1.807, 2.05) is 12.1 Å². The van der Waals surface area contributed by atoms with Gasteiger partial charge in [0, 0.05) is 18.1 Å². The first-order chi connectivity index (χ1) is 9.58. The van der Waals surface area contributed by atoms with Gasteiger partial charge in [-0.25, -0.2) is 0 Å². The maximum absolute atomic E-state index is 12.5. The van der Waals surface area contributed by atoms with Crippen LogP contribution < -0.4 is 11.1 Å². The van der Waals surface area contributed by atoms with Crippen LogP contribution in [-0.4, -0.2) is 30.2 Å². The Bertz CT molecular complexity index is 512. The van der Waals surface area contributed by atoms with Crippen LogP contribution in [0.2, 0.25) is 0 Å². The molecule has 6 nitrogen and oxygen atoms in total. The zero-order chi connectivity index (χ0) is 14.6. The Labute approximate surface area is 129 Å². The molecule has 1 amide bonds. The van der Waals surface area contributed by atoms with Gasteiger partial charge in [-0.1, -0.05) is 5.16 Å². The Morgan fingerprint density at radius 1 is 1.55 bits per heavy atom. The van der Waals surface area contributed by atoms with Gasteiger partial charge in [-0.2, -0.15) is 0 Å². The van der Waals surface area contributed by atoms with E-state index in [4.69, 9.17) is 15.7 Å². The highest BCUT2D eigenvalue weighted by Gasteiger charge is 2.44. The topological polar surface area (TPSA) is 96.9 Å². The summed E-state index contributed by atoms with van der Waals surface area (Å²) in [5.74, 6) is -0.272. The van der Waals surface area contributed by atoms with Gasteiger partial charge in [-0.3, -0.25) is 4.79 Å². The first-order valence-electron chi connectivity index (χ1n) is 6.17. The van der Waals surface area contributed by atoms with Crippen molar-refractivity contribution in [2.45, 2.75) is 19.4 Å². The fraction of sp³-hybridized carbons (Fsp3) is 0.500. The fourth-order valence-corrected chi connectivity index (χ4v) is 3.62. The van der Waals surface area contributed by atoms with Gasteiger partial charge in [0.2, 0.25) is 5.91 Å². The van der Waals surface area contributed by atoms with Crippen molar-refractivity contribution >= 4 is 39.0 Å². The number of ether oxygens (including phenoxy) is 1. The third-order valence-electron chi connectivity index (χ3n) is 3.43. The number of thiophene rings is 1. The number of hydrogen-bond acceptors (Lipinski definition) is 5. The Morgan fingerprint density at radius 2 is 2.25 bits per heavy atom. The van der Waals surface area contributed by atoms with Gasteiger partial charge in [0.15, 0.2) is 5.84 Å². The largest absolute Gasteiger partial charge is 0.409 e. The summed E-state index contributed by atoms with van der Waals surface area (Å²) in [5.41, 5.74) is 4.76. The maximum Gasteiger partial charge on any atom is 0.234 e. The molecule has 0 spiro atoms. The number of halogens is 1. The first kappa shape index (κ1) is 15.3. The van der Waals surface area contributed by atoms with Crippen molar-refractivity contribution in [3.63, 3.8) is 0 Å². The molecule has 2 rings (SSSR count). The van der Waals surface area contributed by atoms with Crippen molar-refractivity contribution in [1.29, 1.82) is 0 Å². The van der Waals surface area contributed by atoms with E-state index < -0.39 is 5.41 Å². The summed E-state index contributed by atoms with van der Waals surface area (Å²) >= 11 is 4.93. The zero-order valence-corrected chi connectivity index (χ0v) is 13.2. The van der Waals surface area contributed by atoms with Gasteiger partial charge < -0.3 is 21.0 Å². The average Bonchev–Trinajstić information content (AvgIpc) is 2.90. The lowest BCUT2D eigenvalue weighted by Gasteiger charge is -2.34. The fourth-order valence-electron chi connectivity index (χ4n) is 2.20. The molecule has 20 heavy (non-hydrogen) atoms. The van der Waals surface area contributed by atoms with E-state index in [1.54, 1.807) is 11.3 Å². The van der Waals surface area contributed by atoms with E-state index in [1.165, 1.54) is 0 Å². The van der Waals surface area contributed by atoms with Crippen LogP contribution >= 0.6 is 27.3 Å². The predicted octanol–water partition coefficient (Wildman–Crippen LogP) is 1.67. The number of nitrogens with two attached hydrogens (primary N) is 1. The molecular formula is C12H16BrN3O3S. The summed E-state index contributed by atoms with van der Waals surface area (Å²) in [6, 6.07) is 3.87. The number of hydrogen-bond donors (Lipinski definition) is 3. The van der Waals surface area contributed by atoms with Crippen LogP contribution in [0, 0.1) is 5.41 Å². The molecule has 1 saturated heterocycles. The predicted molar refractivity (Wildman–Crippen MR) is 79.8 cm³/mol.